The van der Waals surface area contributed by atoms with E-state index in [4.69, 9.17) is 10.5 Å². The van der Waals surface area contributed by atoms with Crippen molar-refractivity contribution >= 4 is 17.5 Å². The summed E-state index contributed by atoms with van der Waals surface area (Å²) < 4.78 is 6.50. The first kappa shape index (κ1) is 13.9. The zero-order valence-corrected chi connectivity index (χ0v) is 11.3. The number of nitrogens with zero attached hydrogens (tertiary/aromatic N) is 5. The Bertz CT molecular complexity index is 560. The molecular formula is C11H18N6O. The number of rotatable bonds is 2. The van der Waals surface area contributed by atoms with E-state index in [0.29, 0.717) is 23.2 Å². The molecule has 0 aliphatic rings. The fourth-order valence-electron chi connectivity index (χ4n) is 1.36. The second kappa shape index (κ2) is 5.95. The summed E-state index contributed by atoms with van der Waals surface area (Å²) in [6.45, 7) is 7.59. The first-order valence-electron chi connectivity index (χ1n) is 5.73. The predicted octanol–water partition coefficient (Wildman–Crippen LogP) is 1.44. The molecular weight excluding hydrogens is 232 g/mol. The summed E-state index contributed by atoms with van der Waals surface area (Å²) in [7, 11) is 1.56. The van der Waals surface area contributed by atoms with Gasteiger partial charge in [0.1, 0.15) is 5.82 Å². The summed E-state index contributed by atoms with van der Waals surface area (Å²) in [5, 5.41) is 4.16. The number of fused-ring (bicyclic) bond motifs is 1. The molecule has 2 N–H and O–H groups in total. The maximum absolute atomic E-state index is 5.70. The van der Waals surface area contributed by atoms with Crippen LogP contribution < -0.4 is 5.73 Å². The van der Waals surface area contributed by atoms with Crippen LogP contribution in [-0.2, 0) is 4.74 Å². The molecule has 2 heterocycles. The number of methoxy groups -OCH3 is 1. The van der Waals surface area contributed by atoms with Crippen LogP contribution >= 0.6 is 0 Å². The number of hydrogen-bond donors (Lipinski definition) is 1. The molecule has 18 heavy (non-hydrogen) atoms. The zero-order chi connectivity index (χ0) is 13.7. The number of aryl methyl sites for hydroxylation is 1. The van der Waals surface area contributed by atoms with E-state index in [2.05, 4.69) is 20.1 Å². The molecule has 0 radical (unpaired) electrons. The fourth-order valence-corrected chi connectivity index (χ4v) is 1.36. The number of allylic oxidation sites excluding steroid dienone is 1. The lowest BCUT2D eigenvalue weighted by Gasteiger charge is -1.97. The molecule has 0 unspecified atom stereocenters. The zero-order valence-electron chi connectivity index (χ0n) is 11.3. The normalized spacial score (nSPS) is 11.1. The molecule has 0 fully saturated rings. The Kier molecular flexibility index (Phi) is 4.59. The Balaban J connectivity index is 0.000000771. The molecule has 0 amide bonds. The van der Waals surface area contributed by atoms with E-state index in [-0.39, 0.29) is 5.95 Å². The smallest absolute Gasteiger partial charge is 0.257 e. The molecule has 0 spiro atoms. The fraction of sp³-hybridized carbons (Fsp3) is 0.455. The predicted molar refractivity (Wildman–Crippen MR) is 69.7 cm³/mol. The van der Waals surface area contributed by atoms with Crippen LogP contribution in [0.1, 0.15) is 32.4 Å². The Morgan fingerprint density at radius 2 is 1.94 bits per heavy atom. The Hall–Kier alpha value is -2.18. The molecule has 0 atom stereocenters. The molecule has 7 heteroatoms. The van der Waals surface area contributed by atoms with E-state index in [0.717, 1.165) is 0 Å². The lowest BCUT2D eigenvalue weighted by Crippen LogP contribution is -2.05. The van der Waals surface area contributed by atoms with Crippen LogP contribution in [0.15, 0.2) is 6.08 Å². The Labute approximate surface area is 106 Å². The maximum atomic E-state index is 5.70. The number of aromatic nitrogens is 5. The van der Waals surface area contributed by atoms with Crippen molar-refractivity contribution in [2.75, 3.05) is 12.8 Å². The molecule has 2 aromatic rings. The van der Waals surface area contributed by atoms with Crippen LogP contribution in [-0.4, -0.2) is 31.7 Å². The third kappa shape index (κ3) is 2.55. The van der Waals surface area contributed by atoms with E-state index in [1.807, 2.05) is 20.8 Å². The lowest BCUT2D eigenvalue weighted by molar-refractivity contribution is 0.365. The van der Waals surface area contributed by atoms with E-state index in [1.165, 1.54) is 4.52 Å². The van der Waals surface area contributed by atoms with Crippen molar-refractivity contribution in [1.29, 1.82) is 0 Å². The molecule has 2 rings (SSSR count). The van der Waals surface area contributed by atoms with Gasteiger partial charge in [-0.15, -0.1) is 5.10 Å². The number of nitrogens with two attached hydrogens (primary N) is 1. The highest BCUT2D eigenvalue weighted by molar-refractivity contribution is 5.54. The summed E-state index contributed by atoms with van der Waals surface area (Å²) in [5.41, 5.74) is 5.70. The summed E-state index contributed by atoms with van der Waals surface area (Å²) in [4.78, 5) is 12.3. The van der Waals surface area contributed by atoms with Crippen molar-refractivity contribution in [3.8, 4) is 0 Å². The highest BCUT2D eigenvalue weighted by Crippen LogP contribution is 2.12. The number of nitrogen functional groups attached to an aromatic ring is 1. The van der Waals surface area contributed by atoms with Gasteiger partial charge in [-0.05, 0) is 19.9 Å². The monoisotopic (exact) mass is 250 g/mol. The number of ether oxygens (including phenoxy) is 1. The minimum atomic E-state index is 0.257. The third-order valence-corrected chi connectivity index (χ3v) is 2.05. The molecule has 0 aliphatic carbocycles. The van der Waals surface area contributed by atoms with E-state index in [1.54, 1.807) is 20.1 Å². The molecule has 0 bridgehead atoms. The van der Waals surface area contributed by atoms with E-state index < -0.39 is 0 Å². The van der Waals surface area contributed by atoms with Crippen molar-refractivity contribution in [3.63, 3.8) is 0 Å². The van der Waals surface area contributed by atoms with Crippen LogP contribution in [0.4, 0.5) is 5.95 Å². The van der Waals surface area contributed by atoms with Crippen LogP contribution in [0.2, 0.25) is 0 Å². The molecule has 0 saturated heterocycles. The summed E-state index contributed by atoms with van der Waals surface area (Å²) >= 11 is 0. The Morgan fingerprint density at radius 1 is 1.28 bits per heavy atom. The first-order chi connectivity index (χ1) is 8.65. The standard InChI is InChI=1S/C9H12N6O.C2H6/c1-4-6(16-3)7-13-9-12-5(2)11-8(10)15(9)14-7;1-2/h4H,1-3H3,(H2,10,11,12,13,14);1-2H3/b6-4-;. The van der Waals surface area contributed by atoms with E-state index in [9.17, 15) is 0 Å². The van der Waals surface area contributed by atoms with Crippen molar-refractivity contribution in [3.05, 3.63) is 17.7 Å². The molecule has 0 aliphatic heterocycles. The third-order valence-electron chi connectivity index (χ3n) is 2.05. The van der Waals surface area contributed by atoms with Gasteiger partial charge in [0.25, 0.3) is 5.78 Å². The highest BCUT2D eigenvalue weighted by Gasteiger charge is 2.12. The molecule has 7 nitrogen and oxygen atoms in total. The van der Waals surface area contributed by atoms with Gasteiger partial charge in [-0.25, -0.2) is 0 Å². The minimum Gasteiger partial charge on any atom is -0.493 e. The SMILES string of the molecule is C/C=C(\OC)c1nc2nc(C)nc(N)n2n1.CC. The maximum Gasteiger partial charge on any atom is 0.257 e. The van der Waals surface area contributed by atoms with Gasteiger partial charge in [-0.1, -0.05) is 13.8 Å². The van der Waals surface area contributed by atoms with Crippen molar-refractivity contribution < 1.29 is 4.74 Å². The average Bonchev–Trinajstić information content (AvgIpc) is 2.77. The van der Waals surface area contributed by atoms with Crippen LogP contribution in [0.3, 0.4) is 0 Å². The summed E-state index contributed by atoms with van der Waals surface area (Å²) in [5.74, 6) is 2.24. The largest absolute Gasteiger partial charge is 0.493 e. The second-order valence-corrected chi connectivity index (χ2v) is 3.13. The highest BCUT2D eigenvalue weighted by atomic mass is 16.5. The number of hydrogen-bond acceptors (Lipinski definition) is 6. The topological polar surface area (TPSA) is 91.2 Å². The van der Waals surface area contributed by atoms with Crippen LogP contribution in [0.5, 0.6) is 0 Å². The molecule has 0 aromatic carbocycles. The Morgan fingerprint density at radius 3 is 2.50 bits per heavy atom. The quantitative estimate of drug-likeness (QED) is 0.811. The minimum absolute atomic E-state index is 0.257. The summed E-state index contributed by atoms with van der Waals surface area (Å²) in [6, 6.07) is 0. The van der Waals surface area contributed by atoms with E-state index >= 15 is 0 Å². The van der Waals surface area contributed by atoms with Gasteiger partial charge in [0.15, 0.2) is 5.76 Å². The van der Waals surface area contributed by atoms with Gasteiger partial charge < -0.3 is 10.5 Å². The van der Waals surface area contributed by atoms with Gasteiger partial charge >= 0.3 is 0 Å². The summed E-state index contributed by atoms with van der Waals surface area (Å²) in [6.07, 6.45) is 1.77. The van der Waals surface area contributed by atoms with Crippen molar-refractivity contribution in [2.45, 2.75) is 27.7 Å². The van der Waals surface area contributed by atoms with Gasteiger partial charge in [-0.3, -0.25) is 0 Å². The second-order valence-electron chi connectivity index (χ2n) is 3.13. The van der Waals surface area contributed by atoms with Crippen LogP contribution in [0.25, 0.3) is 11.5 Å². The average molecular weight is 250 g/mol. The van der Waals surface area contributed by atoms with Gasteiger partial charge in [0, 0.05) is 0 Å². The van der Waals surface area contributed by atoms with Crippen molar-refractivity contribution in [2.24, 2.45) is 0 Å². The lowest BCUT2D eigenvalue weighted by atomic mass is 10.4. The number of anilines is 1. The molecule has 2 aromatic heterocycles. The van der Waals surface area contributed by atoms with Crippen LogP contribution in [0, 0.1) is 6.92 Å². The molecule has 98 valence electrons. The van der Waals surface area contributed by atoms with Gasteiger partial charge in [-0.2, -0.15) is 19.5 Å². The van der Waals surface area contributed by atoms with Crippen molar-refractivity contribution in [1.82, 2.24) is 24.6 Å². The first-order valence-corrected chi connectivity index (χ1v) is 5.73. The van der Waals surface area contributed by atoms with Gasteiger partial charge in [0.2, 0.25) is 11.8 Å². The molecule has 0 saturated carbocycles. The van der Waals surface area contributed by atoms with Gasteiger partial charge in [0.05, 0.1) is 7.11 Å².